The van der Waals surface area contributed by atoms with E-state index in [4.69, 9.17) is 4.74 Å². The van der Waals surface area contributed by atoms with Gasteiger partial charge in [-0.15, -0.1) is 10.2 Å². The molecule has 4 aromatic rings. The molecular weight excluding hydrogens is 390 g/mol. The topological polar surface area (TPSA) is 77.2 Å². The van der Waals surface area contributed by atoms with Gasteiger partial charge in [-0.1, -0.05) is 6.92 Å². The Labute approximate surface area is 170 Å². The summed E-state index contributed by atoms with van der Waals surface area (Å²) >= 11 is 0. The van der Waals surface area contributed by atoms with E-state index < -0.39 is 5.82 Å². The molecule has 1 N–H and O–H groups in total. The number of fused-ring (bicyclic) bond motifs is 2. The number of rotatable bonds is 5. The van der Waals surface area contributed by atoms with Crippen molar-refractivity contribution in [3.05, 3.63) is 65.4 Å². The number of anilines is 1. The van der Waals surface area contributed by atoms with Crippen LogP contribution in [0.4, 0.5) is 14.7 Å². The van der Waals surface area contributed by atoms with Gasteiger partial charge in [0.15, 0.2) is 5.65 Å². The summed E-state index contributed by atoms with van der Waals surface area (Å²) in [6.07, 6.45) is 5.79. The van der Waals surface area contributed by atoms with Crippen molar-refractivity contribution in [2.24, 2.45) is 0 Å². The summed E-state index contributed by atoms with van der Waals surface area (Å²) < 4.78 is 36.1. The Morgan fingerprint density at radius 3 is 2.83 bits per heavy atom. The summed E-state index contributed by atoms with van der Waals surface area (Å²) in [5.41, 5.74) is 3.28. The summed E-state index contributed by atoms with van der Waals surface area (Å²) in [5, 5.41) is 11.2. The van der Waals surface area contributed by atoms with Gasteiger partial charge in [0, 0.05) is 53.3 Å². The average Bonchev–Trinajstić information content (AvgIpc) is 3.43. The van der Waals surface area contributed by atoms with E-state index in [9.17, 15) is 8.78 Å². The van der Waals surface area contributed by atoms with Gasteiger partial charge in [0.05, 0.1) is 6.61 Å². The number of halogens is 2. The third-order valence-electron chi connectivity index (χ3n) is 5.26. The first-order chi connectivity index (χ1) is 14.7. The molecule has 0 bridgehead atoms. The Kier molecular flexibility index (Phi) is 4.50. The number of aryl methyl sites for hydroxylation is 1. The van der Waals surface area contributed by atoms with Crippen molar-refractivity contribution in [2.75, 3.05) is 11.9 Å². The molecule has 4 heterocycles. The van der Waals surface area contributed by atoms with E-state index in [1.165, 1.54) is 30.9 Å². The minimum absolute atomic E-state index is 0.221. The number of benzene rings is 1. The Balaban J connectivity index is 1.49. The zero-order valence-corrected chi connectivity index (χ0v) is 16.2. The van der Waals surface area contributed by atoms with Crippen molar-refractivity contribution in [1.82, 2.24) is 24.6 Å². The molecule has 3 aromatic heterocycles. The zero-order valence-electron chi connectivity index (χ0n) is 16.2. The highest BCUT2D eigenvalue weighted by molar-refractivity contribution is 5.77. The highest BCUT2D eigenvalue weighted by Gasteiger charge is 2.20. The zero-order chi connectivity index (χ0) is 20.7. The van der Waals surface area contributed by atoms with Crippen LogP contribution in [0.3, 0.4) is 0 Å². The maximum Gasteiger partial charge on any atom is 0.210 e. The second-order valence-electron chi connectivity index (χ2n) is 6.98. The van der Waals surface area contributed by atoms with E-state index in [0.717, 1.165) is 5.56 Å². The second-order valence-corrected chi connectivity index (χ2v) is 6.98. The maximum atomic E-state index is 14.6. The van der Waals surface area contributed by atoms with Gasteiger partial charge in [0.2, 0.25) is 5.95 Å². The Bertz CT molecular complexity index is 1260. The quantitative estimate of drug-likeness (QED) is 0.544. The van der Waals surface area contributed by atoms with Crippen molar-refractivity contribution in [2.45, 2.75) is 26.3 Å². The molecule has 9 heteroatoms. The van der Waals surface area contributed by atoms with Crippen LogP contribution in [-0.4, -0.2) is 31.2 Å². The van der Waals surface area contributed by atoms with Crippen LogP contribution < -0.4 is 10.1 Å². The lowest BCUT2D eigenvalue weighted by molar-refractivity contribution is 0.356. The van der Waals surface area contributed by atoms with Crippen LogP contribution >= 0.6 is 0 Å². The van der Waals surface area contributed by atoms with Gasteiger partial charge in [-0.2, -0.15) is 0 Å². The van der Waals surface area contributed by atoms with Crippen LogP contribution in [-0.2, 0) is 19.4 Å². The normalized spacial score (nSPS) is 12.8. The number of pyridine rings is 1. The lowest BCUT2D eigenvalue weighted by atomic mass is 10.0. The highest BCUT2D eigenvalue weighted by Crippen LogP contribution is 2.31. The van der Waals surface area contributed by atoms with Gasteiger partial charge in [-0.3, -0.25) is 9.38 Å². The second kappa shape index (κ2) is 7.33. The molecule has 152 valence electrons. The molecule has 0 unspecified atom stereocenters. The number of ether oxygens (including phenoxy) is 1. The number of nitrogens with one attached hydrogen (secondary N) is 1. The van der Waals surface area contributed by atoms with E-state index >= 15 is 0 Å². The first-order valence-electron chi connectivity index (χ1n) is 9.66. The maximum absolute atomic E-state index is 14.6. The van der Waals surface area contributed by atoms with Crippen LogP contribution in [0.5, 0.6) is 5.75 Å². The summed E-state index contributed by atoms with van der Waals surface area (Å²) in [7, 11) is 0. The van der Waals surface area contributed by atoms with Gasteiger partial charge in [0.1, 0.15) is 23.7 Å². The summed E-state index contributed by atoms with van der Waals surface area (Å²) in [6.45, 7) is 2.68. The Morgan fingerprint density at radius 1 is 1.13 bits per heavy atom. The molecule has 0 fully saturated rings. The van der Waals surface area contributed by atoms with Crippen LogP contribution in [0.2, 0.25) is 0 Å². The van der Waals surface area contributed by atoms with Gasteiger partial charge in [-0.25, -0.2) is 13.8 Å². The monoisotopic (exact) mass is 408 g/mol. The predicted molar refractivity (Wildman–Crippen MR) is 106 cm³/mol. The van der Waals surface area contributed by atoms with Crippen LogP contribution in [0.1, 0.15) is 23.7 Å². The minimum atomic E-state index is -0.392. The SMILES string of the molecule is CCc1cc(F)c(-c2cnc(NCc3c(F)ccc4c3CCO4)n3cnnc23)cn1. The smallest absolute Gasteiger partial charge is 0.210 e. The molecule has 5 rings (SSSR count). The van der Waals surface area contributed by atoms with Crippen LogP contribution in [0.25, 0.3) is 16.8 Å². The molecule has 0 spiro atoms. The fraction of sp³-hybridized carbons (Fsp3) is 0.238. The third-order valence-corrected chi connectivity index (χ3v) is 5.26. The molecule has 7 nitrogen and oxygen atoms in total. The van der Waals surface area contributed by atoms with Crippen molar-refractivity contribution in [3.63, 3.8) is 0 Å². The van der Waals surface area contributed by atoms with Gasteiger partial charge >= 0.3 is 0 Å². The van der Waals surface area contributed by atoms with E-state index in [2.05, 4.69) is 25.5 Å². The number of hydrogen-bond donors (Lipinski definition) is 1. The lowest BCUT2D eigenvalue weighted by Crippen LogP contribution is -2.10. The number of aromatic nitrogens is 5. The molecule has 1 aliphatic heterocycles. The van der Waals surface area contributed by atoms with Crippen molar-refractivity contribution in [1.29, 1.82) is 0 Å². The van der Waals surface area contributed by atoms with Crippen LogP contribution in [0, 0.1) is 11.6 Å². The van der Waals surface area contributed by atoms with Crippen molar-refractivity contribution >= 4 is 11.6 Å². The fourth-order valence-corrected chi connectivity index (χ4v) is 3.68. The number of hydrogen-bond acceptors (Lipinski definition) is 6. The molecule has 0 atom stereocenters. The molecule has 0 amide bonds. The highest BCUT2D eigenvalue weighted by atomic mass is 19.1. The molecule has 0 aliphatic carbocycles. The van der Waals surface area contributed by atoms with E-state index in [-0.39, 0.29) is 12.4 Å². The molecular formula is C21H18F2N6O. The Hall–Kier alpha value is -3.62. The van der Waals surface area contributed by atoms with Crippen molar-refractivity contribution < 1.29 is 13.5 Å². The van der Waals surface area contributed by atoms with Crippen molar-refractivity contribution in [3.8, 4) is 16.9 Å². The lowest BCUT2D eigenvalue weighted by Gasteiger charge is -2.13. The third kappa shape index (κ3) is 3.02. The van der Waals surface area contributed by atoms with E-state index in [0.29, 0.717) is 59.2 Å². The number of nitrogens with zero attached hydrogens (tertiary/aromatic N) is 5. The first kappa shape index (κ1) is 18.4. The summed E-state index contributed by atoms with van der Waals surface area (Å²) in [6, 6.07) is 4.47. The van der Waals surface area contributed by atoms with Gasteiger partial charge < -0.3 is 10.1 Å². The molecule has 0 saturated carbocycles. The van der Waals surface area contributed by atoms with Gasteiger partial charge in [0.25, 0.3) is 0 Å². The fourth-order valence-electron chi connectivity index (χ4n) is 3.68. The molecule has 0 saturated heterocycles. The summed E-state index contributed by atoms with van der Waals surface area (Å²) in [5.74, 6) is 0.446. The molecule has 30 heavy (non-hydrogen) atoms. The van der Waals surface area contributed by atoms with Gasteiger partial charge in [-0.05, 0) is 24.6 Å². The first-order valence-corrected chi connectivity index (χ1v) is 9.66. The largest absolute Gasteiger partial charge is 0.493 e. The predicted octanol–water partition coefficient (Wildman–Crippen LogP) is 3.57. The summed E-state index contributed by atoms with van der Waals surface area (Å²) in [4.78, 5) is 8.67. The van der Waals surface area contributed by atoms with E-state index in [1.54, 1.807) is 10.5 Å². The molecule has 1 aromatic carbocycles. The Morgan fingerprint density at radius 2 is 2.00 bits per heavy atom. The van der Waals surface area contributed by atoms with Crippen LogP contribution in [0.15, 0.2) is 36.9 Å². The molecule has 1 aliphatic rings. The molecule has 0 radical (unpaired) electrons. The minimum Gasteiger partial charge on any atom is -0.493 e. The standard InChI is InChI=1S/C21H18F2N6O/c1-2-12-7-18(23)15(8-24-12)16-10-26-21(29-11-27-28-20(16)29)25-9-14-13-5-6-30-19(13)4-3-17(14)22/h3-4,7-8,10-11H,2,5-6,9H2,1H3,(H,25,26). The average molecular weight is 408 g/mol. The van der Waals surface area contributed by atoms with E-state index in [1.807, 2.05) is 6.92 Å².